The average molecular weight is 204 g/mol. The molecule has 0 unspecified atom stereocenters. The number of rotatable bonds is 2. The van der Waals surface area contributed by atoms with Crippen LogP contribution in [-0.4, -0.2) is 15.5 Å². The van der Waals surface area contributed by atoms with Crippen molar-refractivity contribution in [2.24, 2.45) is 0 Å². The number of alkyl halides is 1. The molecule has 1 aromatic heterocycles. The fourth-order valence-corrected chi connectivity index (χ4v) is 0.677. The zero-order valence-corrected chi connectivity index (χ0v) is 6.71. The normalized spacial score (nSPS) is 9.30. The van der Waals surface area contributed by atoms with E-state index in [-0.39, 0.29) is 6.01 Å². The van der Waals surface area contributed by atoms with E-state index in [1.807, 2.05) is 0 Å². The van der Waals surface area contributed by atoms with Crippen molar-refractivity contribution in [1.29, 1.82) is 0 Å². The Morgan fingerprint density at radius 1 is 1.70 bits per heavy atom. The van der Waals surface area contributed by atoms with E-state index in [0.29, 0.717) is 11.3 Å². The molecular formula is C5H6BrN3O. The summed E-state index contributed by atoms with van der Waals surface area (Å²) in [6, 6.07) is 1.89. The molecule has 2 N–H and O–H groups in total. The molecule has 0 aromatic carbocycles. The third kappa shape index (κ3) is 1.84. The van der Waals surface area contributed by atoms with Gasteiger partial charge in [-0.2, -0.15) is 4.98 Å². The SMILES string of the molecule is Nc1ccnc(OCBr)n1. The van der Waals surface area contributed by atoms with E-state index in [1.54, 1.807) is 12.3 Å². The highest BCUT2D eigenvalue weighted by atomic mass is 79.9. The Morgan fingerprint density at radius 2 is 2.50 bits per heavy atom. The fraction of sp³-hybridized carbons (Fsp3) is 0.200. The molecule has 0 spiro atoms. The number of nitrogen functional groups attached to an aromatic ring is 1. The molecule has 0 aliphatic rings. The quantitative estimate of drug-likeness (QED) is 0.723. The third-order valence-electron chi connectivity index (χ3n) is 0.839. The molecule has 1 aromatic rings. The van der Waals surface area contributed by atoms with E-state index in [0.717, 1.165) is 0 Å². The molecule has 54 valence electrons. The molecule has 0 radical (unpaired) electrons. The van der Waals surface area contributed by atoms with Gasteiger partial charge in [0.1, 0.15) is 11.3 Å². The third-order valence-corrected chi connectivity index (χ3v) is 1.07. The molecule has 0 atom stereocenters. The van der Waals surface area contributed by atoms with Crippen molar-refractivity contribution >= 4 is 21.7 Å². The molecule has 0 fully saturated rings. The number of aromatic nitrogens is 2. The summed E-state index contributed by atoms with van der Waals surface area (Å²) in [6.45, 7) is 0. The number of hydrogen-bond acceptors (Lipinski definition) is 4. The second-order valence-corrected chi connectivity index (χ2v) is 1.98. The predicted molar refractivity (Wildman–Crippen MR) is 40.9 cm³/mol. The minimum absolute atomic E-state index is 0.289. The van der Waals surface area contributed by atoms with Crippen LogP contribution in [0, 0.1) is 0 Å². The van der Waals surface area contributed by atoms with E-state index >= 15 is 0 Å². The van der Waals surface area contributed by atoms with Gasteiger partial charge in [0.2, 0.25) is 0 Å². The van der Waals surface area contributed by atoms with E-state index in [4.69, 9.17) is 10.5 Å². The van der Waals surface area contributed by atoms with Gasteiger partial charge in [-0.3, -0.25) is 0 Å². The largest absolute Gasteiger partial charge is 0.452 e. The molecule has 0 saturated heterocycles. The Bertz CT molecular complexity index is 218. The standard InChI is InChI=1S/C5H6BrN3O/c6-3-10-5-8-2-1-4(7)9-5/h1-2H,3H2,(H2,7,8,9). The summed E-state index contributed by atoms with van der Waals surface area (Å²) in [6.07, 6.45) is 1.54. The lowest BCUT2D eigenvalue weighted by Crippen LogP contribution is -1.97. The minimum Gasteiger partial charge on any atom is -0.452 e. The summed E-state index contributed by atoms with van der Waals surface area (Å²) in [7, 11) is 0. The Labute approximate surface area is 66.6 Å². The maximum absolute atomic E-state index is 5.34. The van der Waals surface area contributed by atoms with Gasteiger partial charge in [0.05, 0.1) is 0 Å². The van der Waals surface area contributed by atoms with Gasteiger partial charge >= 0.3 is 6.01 Å². The van der Waals surface area contributed by atoms with Crippen molar-refractivity contribution in [2.75, 3.05) is 11.2 Å². The van der Waals surface area contributed by atoms with Crippen LogP contribution in [0.15, 0.2) is 12.3 Å². The van der Waals surface area contributed by atoms with Gasteiger partial charge in [-0.25, -0.2) is 4.98 Å². The van der Waals surface area contributed by atoms with Gasteiger partial charge in [-0.1, -0.05) is 0 Å². The first kappa shape index (κ1) is 7.27. The fourth-order valence-electron chi connectivity index (χ4n) is 0.472. The zero-order chi connectivity index (χ0) is 7.40. The monoisotopic (exact) mass is 203 g/mol. The summed E-state index contributed by atoms with van der Waals surface area (Å²) in [5.74, 6) is 0.408. The number of nitrogens with zero attached hydrogens (tertiary/aromatic N) is 2. The number of nitrogens with two attached hydrogens (primary N) is 1. The molecule has 10 heavy (non-hydrogen) atoms. The molecular weight excluding hydrogens is 198 g/mol. The molecule has 5 heteroatoms. The van der Waals surface area contributed by atoms with Gasteiger partial charge in [0.25, 0.3) is 0 Å². The van der Waals surface area contributed by atoms with Crippen LogP contribution < -0.4 is 10.5 Å². The van der Waals surface area contributed by atoms with E-state index in [2.05, 4.69) is 25.9 Å². The van der Waals surface area contributed by atoms with Crippen LogP contribution in [0.2, 0.25) is 0 Å². The lowest BCUT2D eigenvalue weighted by molar-refractivity contribution is 0.365. The molecule has 4 nitrogen and oxygen atoms in total. The van der Waals surface area contributed by atoms with Crippen molar-refractivity contribution in [3.63, 3.8) is 0 Å². The Balaban J connectivity index is 2.75. The van der Waals surface area contributed by atoms with Crippen molar-refractivity contribution in [1.82, 2.24) is 9.97 Å². The lowest BCUT2D eigenvalue weighted by Gasteiger charge is -1.97. The van der Waals surface area contributed by atoms with E-state index in [1.165, 1.54) is 0 Å². The van der Waals surface area contributed by atoms with E-state index < -0.39 is 0 Å². The smallest absolute Gasteiger partial charge is 0.319 e. The van der Waals surface area contributed by atoms with Crippen LogP contribution in [0.5, 0.6) is 6.01 Å². The van der Waals surface area contributed by atoms with Crippen molar-refractivity contribution in [3.05, 3.63) is 12.3 Å². The summed E-state index contributed by atoms with van der Waals surface area (Å²) >= 11 is 3.07. The molecule has 1 rings (SSSR count). The van der Waals surface area contributed by atoms with Crippen LogP contribution in [0.4, 0.5) is 5.82 Å². The zero-order valence-electron chi connectivity index (χ0n) is 5.12. The second-order valence-electron chi connectivity index (χ2n) is 1.52. The Hall–Kier alpha value is -0.840. The molecule has 1 heterocycles. The van der Waals surface area contributed by atoms with Crippen LogP contribution in [0.3, 0.4) is 0 Å². The van der Waals surface area contributed by atoms with E-state index in [9.17, 15) is 0 Å². The topological polar surface area (TPSA) is 61.0 Å². The van der Waals surface area contributed by atoms with Crippen LogP contribution in [-0.2, 0) is 0 Å². The number of anilines is 1. The summed E-state index contributed by atoms with van der Waals surface area (Å²) in [5.41, 5.74) is 5.71. The number of hydrogen-bond donors (Lipinski definition) is 1. The number of ether oxygens (including phenoxy) is 1. The molecule has 0 saturated carbocycles. The maximum Gasteiger partial charge on any atom is 0.319 e. The van der Waals surface area contributed by atoms with Gasteiger partial charge in [-0.15, -0.1) is 0 Å². The predicted octanol–water partition coefficient (Wildman–Crippen LogP) is 0.790. The van der Waals surface area contributed by atoms with Crippen molar-refractivity contribution in [2.45, 2.75) is 0 Å². The van der Waals surface area contributed by atoms with Crippen LogP contribution in [0.1, 0.15) is 0 Å². The minimum atomic E-state index is 0.289. The van der Waals surface area contributed by atoms with Gasteiger partial charge in [0.15, 0.2) is 0 Å². The Kier molecular flexibility index (Phi) is 2.44. The Morgan fingerprint density at radius 3 is 3.10 bits per heavy atom. The molecule has 0 amide bonds. The first-order chi connectivity index (χ1) is 4.83. The highest BCUT2D eigenvalue weighted by molar-refractivity contribution is 9.09. The van der Waals surface area contributed by atoms with Crippen molar-refractivity contribution < 1.29 is 4.74 Å². The summed E-state index contributed by atoms with van der Waals surface area (Å²) in [4.78, 5) is 7.56. The summed E-state index contributed by atoms with van der Waals surface area (Å²) < 4.78 is 4.90. The van der Waals surface area contributed by atoms with Crippen LogP contribution >= 0.6 is 15.9 Å². The van der Waals surface area contributed by atoms with Gasteiger partial charge in [-0.05, 0) is 22.0 Å². The maximum atomic E-state index is 5.34. The lowest BCUT2D eigenvalue weighted by atomic mass is 10.6. The average Bonchev–Trinajstić information content (AvgIpc) is 1.88. The summed E-state index contributed by atoms with van der Waals surface area (Å²) in [5, 5.41) is 0. The van der Waals surface area contributed by atoms with Crippen LogP contribution in [0.25, 0.3) is 0 Å². The first-order valence-electron chi connectivity index (χ1n) is 2.60. The number of halogens is 1. The van der Waals surface area contributed by atoms with Gasteiger partial charge < -0.3 is 10.5 Å². The molecule has 0 aliphatic heterocycles. The van der Waals surface area contributed by atoms with Gasteiger partial charge in [0, 0.05) is 6.20 Å². The molecule has 0 aliphatic carbocycles. The first-order valence-corrected chi connectivity index (χ1v) is 3.72. The highest BCUT2D eigenvalue weighted by Crippen LogP contribution is 2.03. The highest BCUT2D eigenvalue weighted by Gasteiger charge is 1.93. The second kappa shape index (κ2) is 3.36. The molecule has 0 bridgehead atoms. The van der Waals surface area contributed by atoms with Crippen molar-refractivity contribution in [3.8, 4) is 6.01 Å².